The summed E-state index contributed by atoms with van der Waals surface area (Å²) in [5.41, 5.74) is 1.81. The van der Waals surface area contributed by atoms with Crippen LogP contribution in [0.25, 0.3) is 0 Å². The number of carbonyl (C=O) groups is 1. The van der Waals surface area contributed by atoms with Crippen molar-refractivity contribution in [1.82, 2.24) is 19.6 Å². The van der Waals surface area contributed by atoms with Gasteiger partial charge in [-0.15, -0.1) is 0 Å². The van der Waals surface area contributed by atoms with Crippen molar-refractivity contribution in [3.63, 3.8) is 0 Å². The van der Waals surface area contributed by atoms with Gasteiger partial charge in [0.2, 0.25) is 5.91 Å². The summed E-state index contributed by atoms with van der Waals surface area (Å²) in [6, 6.07) is 6.20. The average molecular weight is 365 g/mol. The van der Waals surface area contributed by atoms with Crippen molar-refractivity contribution in [2.45, 2.75) is 26.4 Å². The smallest absolute Gasteiger partial charge is 0.247 e. The fraction of sp³-hybridized carbons (Fsp3) is 0.444. The second-order valence-electron chi connectivity index (χ2n) is 6.45. The van der Waals surface area contributed by atoms with Gasteiger partial charge in [-0.25, -0.2) is 4.39 Å². The number of hydrogen-bond donors (Lipinski definition) is 0. The predicted molar refractivity (Wildman–Crippen MR) is 94.9 cm³/mol. The minimum absolute atomic E-state index is 0.0561. The Kier molecular flexibility index (Phi) is 5.39. The van der Waals surface area contributed by atoms with Crippen LogP contribution in [0.5, 0.6) is 0 Å². The van der Waals surface area contributed by atoms with Crippen LogP contribution in [0.3, 0.4) is 0 Å². The Hall–Kier alpha value is -1.92. The zero-order valence-electron chi connectivity index (χ0n) is 14.5. The van der Waals surface area contributed by atoms with Crippen LogP contribution in [0.15, 0.2) is 30.5 Å². The van der Waals surface area contributed by atoms with Crippen molar-refractivity contribution in [3.8, 4) is 0 Å². The van der Waals surface area contributed by atoms with Crippen LogP contribution in [0.4, 0.5) is 4.39 Å². The van der Waals surface area contributed by atoms with Gasteiger partial charge in [0.1, 0.15) is 11.9 Å². The summed E-state index contributed by atoms with van der Waals surface area (Å²) in [5.74, 6) is -0.164. The largest absolute Gasteiger partial charge is 0.338 e. The van der Waals surface area contributed by atoms with Crippen molar-refractivity contribution < 1.29 is 9.18 Å². The molecule has 0 aliphatic carbocycles. The minimum atomic E-state index is -0.366. The SMILES string of the molecule is Cc1nn(C(C)C(=O)N2CCN(Cc3ccc(F)cc3)CC2)cc1Cl. The van der Waals surface area contributed by atoms with Gasteiger partial charge in [-0.05, 0) is 31.5 Å². The molecule has 0 bridgehead atoms. The number of rotatable bonds is 4. The Bertz CT molecular complexity index is 719. The average Bonchev–Trinajstić information content (AvgIpc) is 2.95. The zero-order valence-corrected chi connectivity index (χ0v) is 15.2. The van der Waals surface area contributed by atoms with E-state index in [1.807, 2.05) is 18.7 Å². The van der Waals surface area contributed by atoms with Gasteiger partial charge in [-0.3, -0.25) is 14.4 Å². The lowest BCUT2D eigenvalue weighted by atomic mass is 10.2. The highest BCUT2D eigenvalue weighted by atomic mass is 35.5. The van der Waals surface area contributed by atoms with Gasteiger partial charge >= 0.3 is 0 Å². The number of piperazine rings is 1. The first-order chi connectivity index (χ1) is 11.9. The number of aromatic nitrogens is 2. The molecule has 2 aromatic rings. The molecule has 0 radical (unpaired) electrons. The molecular weight excluding hydrogens is 343 g/mol. The summed E-state index contributed by atoms with van der Waals surface area (Å²) in [4.78, 5) is 16.8. The summed E-state index contributed by atoms with van der Waals surface area (Å²) in [6.07, 6.45) is 1.70. The van der Waals surface area contributed by atoms with Gasteiger partial charge in [0.05, 0.1) is 10.7 Å². The quantitative estimate of drug-likeness (QED) is 0.837. The first-order valence-electron chi connectivity index (χ1n) is 8.41. The Balaban J connectivity index is 1.54. The molecular formula is C18H22ClFN4O. The second kappa shape index (κ2) is 7.54. The van der Waals surface area contributed by atoms with E-state index in [4.69, 9.17) is 11.6 Å². The summed E-state index contributed by atoms with van der Waals surface area (Å²) < 4.78 is 14.6. The molecule has 3 rings (SSSR count). The molecule has 1 aliphatic heterocycles. The molecule has 1 amide bonds. The van der Waals surface area contributed by atoms with Gasteiger partial charge in [0, 0.05) is 38.9 Å². The lowest BCUT2D eigenvalue weighted by molar-refractivity contribution is -0.136. The lowest BCUT2D eigenvalue weighted by Crippen LogP contribution is -2.49. The third kappa shape index (κ3) is 4.19. The molecule has 134 valence electrons. The number of nitrogens with zero attached hydrogens (tertiary/aromatic N) is 4. The van der Waals surface area contributed by atoms with E-state index in [1.54, 1.807) is 23.0 Å². The predicted octanol–water partition coefficient (Wildman–Crippen LogP) is 2.89. The fourth-order valence-electron chi connectivity index (χ4n) is 3.01. The van der Waals surface area contributed by atoms with E-state index < -0.39 is 0 Å². The summed E-state index contributed by atoms with van der Waals surface area (Å²) in [5, 5.41) is 4.87. The van der Waals surface area contributed by atoms with Crippen molar-refractivity contribution in [2.24, 2.45) is 0 Å². The maximum Gasteiger partial charge on any atom is 0.247 e. The fourth-order valence-corrected chi connectivity index (χ4v) is 3.15. The summed E-state index contributed by atoms with van der Waals surface area (Å²) in [7, 11) is 0. The van der Waals surface area contributed by atoms with Crippen LogP contribution in [0, 0.1) is 12.7 Å². The normalized spacial score (nSPS) is 16.9. The Morgan fingerprint density at radius 1 is 1.24 bits per heavy atom. The van der Waals surface area contributed by atoms with E-state index in [-0.39, 0.29) is 17.8 Å². The van der Waals surface area contributed by atoms with E-state index in [0.29, 0.717) is 18.1 Å². The molecule has 0 N–H and O–H groups in total. The number of carbonyl (C=O) groups excluding carboxylic acids is 1. The van der Waals surface area contributed by atoms with Gasteiger partial charge in [0.25, 0.3) is 0 Å². The minimum Gasteiger partial charge on any atom is -0.338 e. The second-order valence-corrected chi connectivity index (χ2v) is 6.85. The van der Waals surface area contributed by atoms with Gasteiger partial charge in [-0.2, -0.15) is 5.10 Å². The van der Waals surface area contributed by atoms with Crippen molar-refractivity contribution in [3.05, 3.63) is 52.6 Å². The molecule has 0 saturated carbocycles. The molecule has 1 fully saturated rings. The Morgan fingerprint density at radius 2 is 1.88 bits per heavy atom. The number of aryl methyl sites for hydroxylation is 1. The number of benzene rings is 1. The maximum atomic E-state index is 13.0. The first kappa shape index (κ1) is 17.9. The summed E-state index contributed by atoms with van der Waals surface area (Å²) >= 11 is 6.03. The molecule has 0 spiro atoms. The third-order valence-electron chi connectivity index (χ3n) is 4.61. The molecule has 1 aliphatic rings. The highest BCUT2D eigenvalue weighted by Gasteiger charge is 2.26. The monoisotopic (exact) mass is 364 g/mol. The third-order valence-corrected chi connectivity index (χ3v) is 4.99. The van der Waals surface area contributed by atoms with Crippen molar-refractivity contribution >= 4 is 17.5 Å². The van der Waals surface area contributed by atoms with Crippen LogP contribution < -0.4 is 0 Å². The summed E-state index contributed by atoms with van der Waals surface area (Å²) in [6.45, 7) is 7.40. The molecule has 1 atom stereocenters. The van der Waals surface area contributed by atoms with Gasteiger partial charge in [-0.1, -0.05) is 23.7 Å². The van der Waals surface area contributed by atoms with Crippen LogP contribution in [0.1, 0.15) is 24.2 Å². The molecule has 1 aromatic carbocycles. The lowest BCUT2D eigenvalue weighted by Gasteiger charge is -2.36. The molecule has 5 nitrogen and oxygen atoms in total. The van der Waals surface area contributed by atoms with Gasteiger partial charge < -0.3 is 4.90 Å². The topological polar surface area (TPSA) is 41.4 Å². The number of amides is 1. The van der Waals surface area contributed by atoms with E-state index in [0.717, 1.165) is 30.9 Å². The zero-order chi connectivity index (χ0) is 18.0. The van der Waals surface area contributed by atoms with Gasteiger partial charge in [0.15, 0.2) is 0 Å². The molecule has 1 aromatic heterocycles. The van der Waals surface area contributed by atoms with E-state index in [2.05, 4.69) is 10.00 Å². The molecule has 2 heterocycles. The maximum absolute atomic E-state index is 13.0. The number of halogens is 2. The van der Waals surface area contributed by atoms with Crippen LogP contribution >= 0.6 is 11.6 Å². The van der Waals surface area contributed by atoms with Crippen LogP contribution in [-0.4, -0.2) is 51.7 Å². The molecule has 1 saturated heterocycles. The highest BCUT2D eigenvalue weighted by Crippen LogP contribution is 2.18. The molecule has 7 heteroatoms. The van der Waals surface area contributed by atoms with Crippen LogP contribution in [-0.2, 0) is 11.3 Å². The Morgan fingerprint density at radius 3 is 2.44 bits per heavy atom. The Labute approximate surface area is 152 Å². The van der Waals surface area contributed by atoms with E-state index in [1.165, 1.54) is 12.1 Å². The van der Waals surface area contributed by atoms with E-state index in [9.17, 15) is 9.18 Å². The molecule has 1 unspecified atom stereocenters. The van der Waals surface area contributed by atoms with Crippen molar-refractivity contribution in [2.75, 3.05) is 26.2 Å². The van der Waals surface area contributed by atoms with Crippen LogP contribution in [0.2, 0.25) is 5.02 Å². The molecule has 25 heavy (non-hydrogen) atoms. The highest BCUT2D eigenvalue weighted by molar-refractivity contribution is 6.31. The van der Waals surface area contributed by atoms with E-state index >= 15 is 0 Å². The standard InChI is InChI=1S/C18H22ClFN4O/c1-13-17(19)12-24(21-13)14(2)18(25)23-9-7-22(8-10-23)11-15-3-5-16(20)6-4-15/h3-6,12,14H,7-11H2,1-2H3. The number of hydrogen-bond acceptors (Lipinski definition) is 3. The first-order valence-corrected chi connectivity index (χ1v) is 8.78. The van der Waals surface area contributed by atoms with Crippen molar-refractivity contribution in [1.29, 1.82) is 0 Å².